The van der Waals surface area contributed by atoms with Gasteiger partial charge in [0.2, 0.25) is 0 Å². The summed E-state index contributed by atoms with van der Waals surface area (Å²) >= 11 is 5.02. The van der Waals surface area contributed by atoms with Gasteiger partial charge in [-0.15, -0.1) is 11.8 Å². The van der Waals surface area contributed by atoms with Gasteiger partial charge in [0.1, 0.15) is 18.1 Å². The van der Waals surface area contributed by atoms with Crippen LogP contribution in [-0.2, 0) is 17.1 Å². The van der Waals surface area contributed by atoms with Crippen LogP contribution in [0, 0.1) is 0 Å². The zero-order valence-electron chi connectivity index (χ0n) is 16.4. The third kappa shape index (κ3) is 5.34. The molecule has 0 radical (unpaired) electrons. The quantitative estimate of drug-likeness (QED) is 0.216. The van der Waals surface area contributed by atoms with Gasteiger partial charge in [0.25, 0.3) is 5.91 Å². The van der Waals surface area contributed by atoms with Crippen LogP contribution in [0.1, 0.15) is 11.4 Å². The van der Waals surface area contributed by atoms with Crippen LogP contribution in [0.2, 0.25) is 0 Å². The highest BCUT2D eigenvalue weighted by atomic mass is 79.9. The largest absolute Gasteiger partial charge is 0.507 e. The molecule has 0 bridgehead atoms. The molecule has 156 valence electrons. The minimum Gasteiger partial charge on any atom is -0.507 e. The SMILES string of the molecule is O=C(Cn1c(CSc2ccccc2)nc2ccccc21)N/N=C/c1cc(Br)ccc1O. The number of aromatic nitrogens is 2. The molecule has 1 aromatic heterocycles. The van der Waals surface area contributed by atoms with Crippen molar-refractivity contribution in [2.45, 2.75) is 17.2 Å². The maximum absolute atomic E-state index is 12.6. The number of carbonyl (C=O) groups is 1. The number of carbonyl (C=O) groups excluding carboxylic acids is 1. The van der Waals surface area contributed by atoms with Crippen LogP contribution in [0.15, 0.2) is 87.3 Å². The molecule has 1 amide bonds. The van der Waals surface area contributed by atoms with Crippen LogP contribution in [-0.4, -0.2) is 26.8 Å². The third-order valence-corrected chi connectivity index (χ3v) is 6.03. The zero-order chi connectivity index (χ0) is 21.6. The van der Waals surface area contributed by atoms with Crippen LogP contribution in [0.25, 0.3) is 11.0 Å². The molecule has 4 rings (SSSR count). The van der Waals surface area contributed by atoms with E-state index in [1.54, 1.807) is 30.0 Å². The number of nitrogens with one attached hydrogen (secondary N) is 1. The normalized spacial score (nSPS) is 11.3. The molecule has 0 saturated carbocycles. The molecule has 8 heteroatoms. The number of hydrazone groups is 1. The average Bonchev–Trinajstić information content (AvgIpc) is 3.13. The Bertz CT molecular complexity index is 1240. The summed E-state index contributed by atoms with van der Waals surface area (Å²) in [6.45, 7) is 0.0903. The van der Waals surface area contributed by atoms with Gasteiger partial charge in [-0.2, -0.15) is 5.10 Å². The van der Waals surface area contributed by atoms with E-state index in [0.717, 1.165) is 26.2 Å². The Labute approximate surface area is 192 Å². The fourth-order valence-electron chi connectivity index (χ4n) is 3.06. The van der Waals surface area contributed by atoms with Crippen LogP contribution < -0.4 is 5.43 Å². The lowest BCUT2D eigenvalue weighted by Gasteiger charge is -2.08. The average molecular weight is 495 g/mol. The topological polar surface area (TPSA) is 79.5 Å². The lowest BCUT2D eigenvalue weighted by molar-refractivity contribution is -0.121. The fourth-order valence-corrected chi connectivity index (χ4v) is 4.30. The van der Waals surface area contributed by atoms with Crippen molar-refractivity contribution in [3.63, 3.8) is 0 Å². The molecular weight excluding hydrogens is 476 g/mol. The van der Waals surface area contributed by atoms with Gasteiger partial charge in [-0.05, 0) is 42.5 Å². The first-order chi connectivity index (χ1) is 15.1. The number of hydrogen-bond acceptors (Lipinski definition) is 5. The number of hydrogen-bond donors (Lipinski definition) is 2. The predicted molar refractivity (Wildman–Crippen MR) is 127 cm³/mol. The van der Waals surface area contributed by atoms with E-state index in [0.29, 0.717) is 11.3 Å². The number of phenolic OH excluding ortho intramolecular Hbond substituents is 1. The molecule has 4 aromatic rings. The molecule has 6 nitrogen and oxygen atoms in total. The molecule has 0 atom stereocenters. The van der Waals surface area contributed by atoms with Gasteiger partial charge in [0.15, 0.2) is 0 Å². The van der Waals surface area contributed by atoms with E-state index in [4.69, 9.17) is 4.98 Å². The van der Waals surface area contributed by atoms with Crippen LogP contribution in [0.4, 0.5) is 0 Å². The minimum absolute atomic E-state index is 0.0852. The van der Waals surface area contributed by atoms with Gasteiger partial charge >= 0.3 is 0 Å². The Kier molecular flexibility index (Phi) is 6.69. The second-order valence-corrected chi connectivity index (χ2v) is 8.67. The van der Waals surface area contributed by atoms with E-state index >= 15 is 0 Å². The molecule has 0 aliphatic heterocycles. The number of benzene rings is 3. The number of rotatable bonds is 7. The highest BCUT2D eigenvalue weighted by molar-refractivity contribution is 9.10. The molecular formula is C23H19BrN4O2S. The lowest BCUT2D eigenvalue weighted by atomic mass is 10.2. The van der Waals surface area contributed by atoms with Gasteiger partial charge in [-0.1, -0.05) is 46.3 Å². The summed E-state index contributed by atoms with van der Waals surface area (Å²) in [5.74, 6) is 1.27. The number of para-hydroxylation sites is 2. The summed E-state index contributed by atoms with van der Waals surface area (Å²) in [6, 6.07) is 22.8. The van der Waals surface area contributed by atoms with Crippen LogP contribution >= 0.6 is 27.7 Å². The number of fused-ring (bicyclic) bond motifs is 1. The van der Waals surface area contributed by atoms with Crippen LogP contribution in [0.5, 0.6) is 5.75 Å². The van der Waals surface area contributed by atoms with Gasteiger partial charge in [-0.25, -0.2) is 10.4 Å². The number of thioether (sulfide) groups is 1. The van der Waals surface area contributed by atoms with Crippen molar-refractivity contribution in [2.75, 3.05) is 0 Å². The molecule has 0 aliphatic rings. The molecule has 0 unspecified atom stereocenters. The Balaban J connectivity index is 1.49. The second-order valence-electron chi connectivity index (χ2n) is 6.70. The van der Waals surface area contributed by atoms with Crippen molar-refractivity contribution < 1.29 is 9.90 Å². The Morgan fingerprint density at radius 3 is 2.74 bits per heavy atom. The summed E-state index contributed by atoms with van der Waals surface area (Å²) in [5, 5.41) is 13.9. The highest BCUT2D eigenvalue weighted by Crippen LogP contribution is 2.25. The zero-order valence-corrected chi connectivity index (χ0v) is 18.8. The van der Waals surface area contributed by atoms with E-state index in [1.165, 1.54) is 6.21 Å². The molecule has 1 heterocycles. The molecule has 2 N–H and O–H groups in total. The summed E-state index contributed by atoms with van der Waals surface area (Å²) < 4.78 is 2.72. The molecule has 31 heavy (non-hydrogen) atoms. The van der Waals surface area contributed by atoms with Crippen molar-refractivity contribution in [3.8, 4) is 5.75 Å². The van der Waals surface area contributed by atoms with E-state index in [1.807, 2.05) is 47.0 Å². The number of amides is 1. The van der Waals surface area contributed by atoms with Gasteiger partial charge in [0, 0.05) is 14.9 Å². The standard InChI is InChI=1S/C23H19BrN4O2S/c24-17-10-11-21(29)16(12-17)13-25-27-23(30)14-28-20-9-5-4-8-19(20)26-22(28)15-31-18-6-2-1-3-7-18/h1-13,29H,14-15H2,(H,27,30)/b25-13+. The number of halogens is 1. The monoisotopic (exact) mass is 494 g/mol. The van der Waals surface area contributed by atoms with Gasteiger partial charge in [0.05, 0.1) is 23.0 Å². The van der Waals surface area contributed by atoms with Crippen molar-refractivity contribution in [1.82, 2.24) is 15.0 Å². The van der Waals surface area contributed by atoms with Crippen molar-refractivity contribution in [2.24, 2.45) is 5.10 Å². The van der Waals surface area contributed by atoms with E-state index in [-0.39, 0.29) is 18.2 Å². The fraction of sp³-hybridized carbons (Fsp3) is 0.0870. The summed E-state index contributed by atoms with van der Waals surface area (Å²) in [4.78, 5) is 18.4. The van der Waals surface area contributed by atoms with Crippen molar-refractivity contribution >= 4 is 50.8 Å². The number of nitrogens with zero attached hydrogens (tertiary/aromatic N) is 3. The third-order valence-electron chi connectivity index (χ3n) is 4.53. The molecule has 0 saturated heterocycles. The second kappa shape index (κ2) is 9.80. The van der Waals surface area contributed by atoms with Gasteiger partial charge < -0.3 is 9.67 Å². The van der Waals surface area contributed by atoms with E-state index in [9.17, 15) is 9.90 Å². The van der Waals surface area contributed by atoms with Gasteiger partial charge in [-0.3, -0.25) is 4.79 Å². The summed E-state index contributed by atoms with van der Waals surface area (Å²) in [7, 11) is 0. The first-order valence-corrected chi connectivity index (χ1v) is 11.3. The Morgan fingerprint density at radius 1 is 1.13 bits per heavy atom. The summed E-state index contributed by atoms with van der Waals surface area (Å²) in [6.07, 6.45) is 1.41. The van der Waals surface area contributed by atoms with Crippen molar-refractivity contribution in [1.29, 1.82) is 0 Å². The first kappa shape index (κ1) is 21.1. The minimum atomic E-state index is -0.278. The highest BCUT2D eigenvalue weighted by Gasteiger charge is 2.13. The molecule has 0 spiro atoms. The maximum Gasteiger partial charge on any atom is 0.260 e. The van der Waals surface area contributed by atoms with Crippen molar-refractivity contribution in [3.05, 3.63) is 88.7 Å². The first-order valence-electron chi connectivity index (χ1n) is 9.52. The van der Waals surface area contributed by atoms with Crippen LogP contribution in [0.3, 0.4) is 0 Å². The molecule has 0 aliphatic carbocycles. The number of imidazole rings is 1. The summed E-state index contributed by atoms with van der Waals surface area (Å²) in [5.41, 5.74) is 4.78. The Hall–Kier alpha value is -3.10. The maximum atomic E-state index is 12.6. The molecule has 3 aromatic carbocycles. The number of phenols is 1. The predicted octanol–water partition coefficient (Wildman–Crippen LogP) is 4.95. The Morgan fingerprint density at radius 2 is 1.90 bits per heavy atom. The lowest BCUT2D eigenvalue weighted by Crippen LogP contribution is -2.24. The molecule has 0 fully saturated rings. The number of aromatic hydroxyl groups is 1. The van der Waals surface area contributed by atoms with E-state index < -0.39 is 0 Å². The smallest absolute Gasteiger partial charge is 0.260 e. The van der Waals surface area contributed by atoms with E-state index in [2.05, 4.69) is 38.6 Å².